The minimum atomic E-state index is 0.918. The van der Waals surface area contributed by atoms with Crippen LogP contribution in [0.3, 0.4) is 0 Å². The average molecular weight is 309 g/mol. The Hall–Kier alpha value is -1.05. The number of hydrogen-bond donors (Lipinski definition) is 0. The summed E-state index contributed by atoms with van der Waals surface area (Å²) in [5, 5.41) is 2.23. The molecular formula is C13H19N5S2. The lowest BCUT2D eigenvalue weighted by molar-refractivity contribution is 0.251. The van der Waals surface area contributed by atoms with Crippen molar-refractivity contribution in [1.29, 1.82) is 0 Å². The van der Waals surface area contributed by atoms with Crippen LogP contribution in [0, 0.1) is 6.92 Å². The van der Waals surface area contributed by atoms with E-state index in [2.05, 4.69) is 38.0 Å². The Morgan fingerprint density at radius 3 is 2.65 bits per heavy atom. The number of piperazine rings is 1. The normalized spacial score (nSPS) is 16.8. The minimum absolute atomic E-state index is 0.918. The molecule has 1 aliphatic rings. The van der Waals surface area contributed by atoms with Gasteiger partial charge in [-0.3, -0.25) is 4.90 Å². The van der Waals surface area contributed by atoms with Crippen molar-refractivity contribution in [2.45, 2.75) is 26.8 Å². The van der Waals surface area contributed by atoms with Crippen molar-refractivity contribution in [3.8, 4) is 0 Å². The van der Waals surface area contributed by atoms with Gasteiger partial charge in [-0.05, 0) is 6.92 Å². The molecule has 0 N–H and O–H groups in total. The molecule has 108 valence electrons. The van der Waals surface area contributed by atoms with Crippen molar-refractivity contribution in [3.63, 3.8) is 0 Å². The molecule has 0 unspecified atom stereocenters. The van der Waals surface area contributed by atoms with E-state index in [0.29, 0.717) is 0 Å². The lowest BCUT2D eigenvalue weighted by atomic mass is 10.3. The van der Waals surface area contributed by atoms with E-state index in [1.807, 2.05) is 6.20 Å². The predicted octanol–water partition coefficient (Wildman–Crippen LogP) is 2.19. The second kappa shape index (κ2) is 6.15. The first kappa shape index (κ1) is 13.9. The third-order valence-electron chi connectivity index (χ3n) is 3.46. The lowest BCUT2D eigenvalue weighted by Crippen LogP contribution is -2.45. The first-order chi connectivity index (χ1) is 9.74. The summed E-state index contributed by atoms with van der Waals surface area (Å²) in [5.74, 6) is 0.965. The molecule has 1 saturated heterocycles. The molecule has 5 nitrogen and oxygen atoms in total. The van der Waals surface area contributed by atoms with Gasteiger partial charge < -0.3 is 4.90 Å². The van der Waals surface area contributed by atoms with Crippen LogP contribution in [0.5, 0.6) is 0 Å². The Morgan fingerprint density at radius 1 is 1.25 bits per heavy atom. The smallest absolute Gasteiger partial charge is 0.205 e. The number of nitrogens with zero attached hydrogens (tertiary/aromatic N) is 5. The van der Waals surface area contributed by atoms with E-state index >= 15 is 0 Å². The number of anilines is 1. The van der Waals surface area contributed by atoms with Gasteiger partial charge in [0.15, 0.2) is 0 Å². The van der Waals surface area contributed by atoms with Gasteiger partial charge in [-0.1, -0.05) is 6.92 Å². The van der Waals surface area contributed by atoms with Crippen LogP contribution in [0.25, 0.3) is 0 Å². The summed E-state index contributed by atoms with van der Waals surface area (Å²) in [4.78, 5) is 15.1. The molecule has 0 atom stereocenters. The summed E-state index contributed by atoms with van der Waals surface area (Å²) >= 11 is 3.33. The van der Waals surface area contributed by atoms with Gasteiger partial charge in [-0.2, -0.15) is 4.37 Å². The third-order valence-corrected chi connectivity index (χ3v) is 5.18. The number of thiazole rings is 1. The zero-order chi connectivity index (χ0) is 13.9. The highest BCUT2D eigenvalue weighted by Gasteiger charge is 2.20. The second-order valence-corrected chi connectivity index (χ2v) is 7.01. The molecule has 2 aromatic heterocycles. The van der Waals surface area contributed by atoms with E-state index in [9.17, 15) is 0 Å². The van der Waals surface area contributed by atoms with Gasteiger partial charge in [0, 0.05) is 61.8 Å². The SMILES string of the molecule is CCc1nsc(N2CCN(Cc3cnc(C)s3)CC2)n1. The molecule has 2 aromatic rings. The van der Waals surface area contributed by atoms with Gasteiger partial charge in [-0.15, -0.1) is 11.3 Å². The third kappa shape index (κ3) is 3.16. The Kier molecular flexibility index (Phi) is 4.28. The van der Waals surface area contributed by atoms with Crippen molar-refractivity contribution < 1.29 is 0 Å². The van der Waals surface area contributed by atoms with Crippen LogP contribution >= 0.6 is 22.9 Å². The zero-order valence-corrected chi connectivity index (χ0v) is 13.5. The molecule has 0 aromatic carbocycles. The fraction of sp³-hybridized carbons (Fsp3) is 0.615. The quantitative estimate of drug-likeness (QED) is 0.866. The molecule has 1 aliphatic heterocycles. The van der Waals surface area contributed by atoms with Crippen LogP contribution in [0.15, 0.2) is 6.20 Å². The van der Waals surface area contributed by atoms with Crippen molar-refractivity contribution in [2.24, 2.45) is 0 Å². The molecule has 3 heterocycles. The van der Waals surface area contributed by atoms with E-state index in [1.165, 1.54) is 16.4 Å². The molecule has 0 aliphatic carbocycles. The monoisotopic (exact) mass is 309 g/mol. The Labute approximate surface area is 127 Å². The number of hydrogen-bond acceptors (Lipinski definition) is 7. The minimum Gasteiger partial charge on any atom is -0.344 e. The summed E-state index contributed by atoms with van der Waals surface area (Å²) in [6.07, 6.45) is 2.92. The van der Waals surface area contributed by atoms with Crippen molar-refractivity contribution in [3.05, 3.63) is 21.9 Å². The molecular weight excluding hydrogens is 290 g/mol. The topological polar surface area (TPSA) is 45.2 Å². The number of aryl methyl sites for hydroxylation is 2. The van der Waals surface area contributed by atoms with Crippen molar-refractivity contribution in [2.75, 3.05) is 31.1 Å². The van der Waals surface area contributed by atoms with E-state index in [0.717, 1.165) is 55.1 Å². The fourth-order valence-electron chi connectivity index (χ4n) is 2.31. The van der Waals surface area contributed by atoms with Crippen LogP contribution in [-0.2, 0) is 13.0 Å². The molecule has 20 heavy (non-hydrogen) atoms. The van der Waals surface area contributed by atoms with Crippen LogP contribution in [0.1, 0.15) is 22.6 Å². The largest absolute Gasteiger partial charge is 0.344 e. The van der Waals surface area contributed by atoms with E-state index in [-0.39, 0.29) is 0 Å². The molecule has 0 bridgehead atoms. The zero-order valence-electron chi connectivity index (χ0n) is 11.9. The highest BCUT2D eigenvalue weighted by atomic mass is 32.1. The Bertz CT molecular complexity index is 557. The highest BCUT2D eigenvalue weighted by Crippen LogP contribution is 2.21. The maximum atomic E-state index is 4.57. The van der Waals surface area contributed by atoms with E-state index in [1.54, 1.807) is 11.3 Å². The van der Waals surface area contributed by atoms with Crippen LogP contribution in [-0.4, -0.2) is 45.4 Å². The van der Waals surface area contributed by atoms with Crippen LogP contribution in [0.4, 0.5) is 5.13 Å². The average Bonchev–Trinajstić information content (AvgIpc) is 3.09. The number of rotatable bonds is 4. The van der Waals surface area contributed by atoms with Gasteiger partial charge in [-0.25, -0.2) is 9.97 Å². The molecule has 0 spiro atoms. The summed E-state index contributed by atoms with van der Waals surface area (Å²) < 4.78 is 4.37. The van der Waals surface area contributed by atoms with Crippen LogP contribution < -0.4 is 4.90 Å². The lowest BCUT2D eigenvalue weighted by Gasteiger charge is -2.33. The van der Waals surface area contributed by atoms with Gasteiger partial charge in [0.2, 0.25) is 5.13 Å². The van der Waals surface area contributed by atoms with Crippen LogP contribution in [0.2, 0.25) is 0 Å². The second-order valence-electron chi connectivity index (χ2n) is 4.96. The molecule has 0 saturated carbocycles. The maximum absolute atomic E-state index is 4.57. The molecule has 0 amide bonds. The van der Waals surface area contributed by atoms with E-state index < -0.39 is 0 Å². The van der Waals surface area contributed by atoms with Crippen molar-refractivity contribution >= 4 is 28.0 Å². The van der Waals surface area contributed by atoms with Gasteiger partial charge in [0.05, 0.1) is 5.01 Å². The molecule has 3 rings (SSSR count). The first-order valence-electron chi connectivity index (χ1n) is 6.96. The van der Waals surface area contributed by atoms with Gasteiger partial charge >= 0.3 is 0 Å². The maximum Gasteiger partial charge on any atom is 0.205 e. The van der Waals surface area contributed by atoms with Gasteiger partial charge in [0.1, 0.15) is 5.82 Å². The van der Waals surface area contributed by atoms with Gasteiger partial charge in [0.25, 0.3) is 0 Å². The summed E-state index contributed by atoms with van der Waals surface area (Å²) in [6, 6.07) is 0. The standard InChI is InChI=1S/C13H19N5S2/c1-3-12-15-13(20-16-12)18-6-4-17(5-7-18)9-11-8-14-10(2)19-11/h8H,3-7,9H2,1-2H3. The summed E-state index contributed by atoms with van der Waals surface area (Å²) in [7, 11) is 0. The Balaban J connectivity index is 1.54. The predicted molar refractivity (Wildman–Crippen MR) is 83.6 cm³/mol. The van der Waals surface area contributed by atoms with Crippen molar-refractivity contribution in [1.82, 2.24) is 19.2 Å². The number of aromatic nitrogens is 3. The highest BCUT2D eigenvalue weighted by molar-refractivity contribution is 7.11. The summed E-state index contributed by atoms with van der Waals surface area (Å²) in [6.45, 7) is 9.42. The molecule has 0 radical (unpaired) electrons. The molecule has 1 fully saturated rings. The molecule has 7 heteroatoms. The summed E-state index contributed by atoms with van der Waals surface area (Å²) in [5.41, 5.74) is 0. The fourth-order valence-corrected chi connectivity index (χ4v) is 3.95. The first-order valence-corrected chi connectivity index (χ1v) is 8.55. The van der Waals surface area contributed by atoms with E-state index in [4.69, 9.17) is 0 Å². The Morgan fingerprint density at radius 2 is 2.05 bits per heavy atom.